The zero-order valence-corrected chi connectivity index (χ0v) is 20.2. The van der Waals surface area contributed by atoms with Gasteiger partial charge < -0.3 is 10.1 Å². The van der Waals surface area contributed by atoms with Crippen molar-refractivity contribution in [3.8, 4) is 11.6 Å². The number of anilines is 1. The predicted molar refractivity (Wildman–Crippen MR) is 135 cm³/mol. The fourth-order valence-electron chi connectivity index (χ4n) is 3.14. The summed E-state index contributed by atoms with van der Waals surface area (Å²) in [4.78, 5) is 52.7. The van der Waals surface area contributed by atoms with Crippen LogP contribution < -0.4 is 10.1 Å². The maximum absolute atomic E-state index is 12.7. The first kappa shape index (κ1) is 24.9. The van der Waals surface area contributed by atoms with Gasteiger partial charge in [-0.15, -0.1) is 0 Å². The number of halogens is 1. The first-order valence-electron chi connectivity index (χ1n) is 10.4. The Labute approximate surface area is 214 Å². The lowest BCUT2D eigenvalue weighted by atomic mass is 10.2. The molecule has 3 amide bonds. The third-order valence-electron chi connectivity index (χ3n) is 4.98. The second kappa shape index (κ2) is 10.6. The number of benzene rings is 2. The highest BCUT2D eigenvalue weighted by atomic mass is 35.5. The van der Waals surface area contributed by atoms with Crippen molar-refractivity contribution >= 4 is 57.9 Å². The lowest BCUT2D eigenvalue weighted by Gasteiger charge is -2.13. The van der Waals surface area contributed by atoms with E-state index in [1.807, 2.05) is 0 Å². The molecule has 182 valence electrons. The molecule has 1 aliphatic rings. The van der Waals surface area contributed by atoms with Gasteiger partial charge in [0.2, 0.25) is 11.8 Å². The van der Waals surface area contributed by atoms with Crippen molar-refractivity contribution in [3.63, 3.8) is 0 Å². The Morgan fingerprint density at radius 2 is 1.94 bits per heavy atom. The number of aromatic nitrogens is 1. The van der Waals surface area contributed by atoms with Crippen molar-refractivity contribution in [2.45, 2.75) is 6.92 Å². The van der Waals surface area contributed by atoms with Crippen molar-refractivity contribution in [2.24, 2.45) is 0 Å². The van der Waals surface area contributed by atoms with Crippen LogP contribution in [0.15, 0.2) is 65.7 Å². The average molecular weight is 525 g/mol. The van der Waals surface area contributed by atoms with Crippen LogP contribution in [-0.2, 0) is 9.59 Å². The van der Waals surface area contributed by atoms with Gasteiger partial charge in [0.1, 0.15) is 18.5 Å². The van der Waals surface area contributed by atoms with E-state index in [1.54, 1.807) is 49.4 Å². The van der Waals surface area contributed by atoms with Crippen LogP contribution >= 0.6 is 23.4 Å². The number of aryl methyl sites for hydroxylation is 1. The minimum absolute atomic E-state index is 0.149. The second-order valence-electron chi connectivity index (χ2n) is 7.56. The van der Waals surface area contributed by atoms with Crippen molar-refractivity contribution in [3.05, 3.63) is 92.0 Å². The molecule has 10 nitrogen and oxygen atoms in total. The van der Waals surface area contributed by atoms with Gasteiger partial charge >= 0.3 is 0 Å². The molecule has 0 bridgehead atoms. The Hall–Kier alpha value is -4.22. The molecule has 1 aliphatic heterocycles. The van der Waals surface area contributed by atoms with Gasteiger partial charge in [0, 0.05) is 22.8 Å². The lowest BCUT2D eigenvalue weighted by molar-refractivity contribution is -0.385. The van der Waals surface area contributed by atoms with Gasteiger partial charge in [-0.2, -0.15) is 0 Å². The van der Waals surface area contributed by atoms with Crippen LogP contribution in [0.25, 0.3) is 6.08 Å². The standard InChI is InChI=1S/C24H17ClN4O6S/c1-14-2-5-16(25)11-19(14)27-21(30)13-28-23(31)20(36-24(28)32)10-15-3-7-18(8-4-15)35-22-9-6-17(12-26-22)29(33)34/h2-12H,13H2,1H3,(H,27,30)/b20-10-. The Kier molecular flexibility index (Phi) is 7.32. The van der Waals surface area contributed by atoms with Gasteiger partial charge in [0.25, 0.3) is 16.8 Å². The first-order valence-corrected chi connectivity index (χ1v) is 11.6. The Morgan fingerprint density at radius 3 is 2.61 bits per heavy atom. The molecule has 12 heteroatoms. The molecule has 1 aromatic heterocycles. The molecule has 1 saturated heterocycles. The normalized spacial score (nSPS) is 14.3. The minimum Gasteiger partial charge on any atom is -0.439 e. The number of nitrogens with one attached hydrogen (secondary N) is 1. The summed E-state index contributed by atoms with van der Waals surface area (Å²) in [5, 5.41) is 13.3. The Bertz CT molecular complexity index is 1390. The van der Waals surface area contributed by atoms with Gasteiger partial charge in [0.15, 0.2) is 0 Å². The summed E-state index contributed by atoms with van der Waals surface area (Å²) in [6, 6.07) is 14.3. The number of ether oxygens (including phenoxy) is 1. The van der Waals surface area contributed by atoms with Crippen molar-refractivity contribution in [1.82, 2.24) is 9.88 Å². The summed E-state index contributed by atoms with van der Waals surface area (Å²) in [6.07, 6.45) is 2.63. The van der Waals surface area contributed by atoms with Gasteiger partial charge in [-0.25, -0.2) is 4.98 Å². The SMILES string of the molecule is Cc1ccc(Cl)cc1NC(=O)CN1C(=O)S/C(=C\c2ccc(Oc3ccc([N+](=O)[O-])cn3)cc2)C1=O. The predicted octanol–water partition coefficient (Wildman–Crippen LogP) is 5.42. The summed E-state index contributed by atoms with van der Waals surface area (Å²) in [5.41, 5.74) is 1.77. The van der Waals surface area contributed by atoms with Crippen molar-refractivity contribution in [1.29, 1.82) is 0 Å². The summed E-state index contributed by atoms with van der Waals surface area (Å²) in [6.45, 7) is 1.37. The minimum atomic E-state index is -0.571. The number of hydrogen-bond donors (Lipinski definition) is 1. The highest BCUT2D eigenvalue weighted by Gasteiger charge is 2.36. The largest absolute Gasteiger partial charge is 0.439 e. The molecule has 4 rings (SSSR count). The van der Waals surface area contributed by atoms with Gasteiger partial charge in [-0.05, 0) is 60.2 Å². The molecule has 1 fully saturated rings. The summed E-state index contributed by atoms with van der Waals surface area (Å²) < 4.78 is 5.56. The maximum Gasteiger partial charge on any atom is 0.294 e. The third kappa shape index (κ3) is 5.88. The number of carbonyl (C=O) groups is 3. The van der Waals surface area contributed by atoms with E-state index in [9.17, 15) is 24.5 Å². The molecule has 2 heterocycles. The van der Waals surface area contributed by atoms with Gasteiger partial charge in [0.05, 0.1) is 9.83 Å². The third-order valence-corrected chi connectivity index (χ3v) is 6.12. The molecule has 0 atom stereocenters. The lowest BCUT2D eigenvalue weighted by Crippen LogP contribution is -2.36. The Morgan fingerprint density at radius 1 is 1.19 bits per heavy atom. The van der Waals surface area contributed by atoms with Crippen LogP contribution in [0.2, 0.25) is 5.02 Å². The number of hydrogen-bond acceptors (Lipinski definition) is 8. The van der Waals surface area contributed by atoms with E-state index >= 15 is 0 Å². The molecule has 2 aromatic carbocycles. The van der Waals surface area contributed by atoms with E-state index in [4.69, 9.17) is 16.3 Å². The van der Waals surface area contributed by atoms with Gasteiger partial charge in [-0.3, -0.25) is 29.4 Å². The molecule has 0 spiro atoms. The molecular formula is C24H17ClN4O6S. The van der Waals surface area contributed by atoms with Crippen LogP contribution in [0.1, 0.15) is 11.1 Å². The number of nitro groups is 1. The van der Waals surface area contributed by atoms with Crippen molar-refractivity contribution < 1.29 is 24.0 Å². The summed E-state index contributed by atoms with van der Waals surface area (Å²) in [7, 11) is 0. The summed E-state index contributed by atoms with van der Waals surface area (Å²) in [5.74, 6) is -0.487. The van der Waals surface area contributed by atoms with Crippen LogP contribution in [0, 0.1) is 17.0 Å². The number of thioether (sulfide) groups is 1. The van der Waals surface area contributed by atoms with Crippen LogP contribution in [0.3, 0.4) is 0 Å². The smallest absolute Gasteiger partial charge is 0.294 e. The monoisotopic (exact) mass is 524 g/mol. The number of rotatable bonds is 7. The van der Waals surface area contributed by atoms with E-state index in [-0.39, 0.29) is 16.5 Å². The molecule has 0 saturated carbocycles. The van der Waals surface area contributed by atoms with E-state index < -0.39 is 28.5 Å². The first-order chi connectivity index (χ1) is 17.2. The van der Waals surface area contributed by atoms with Crippen LogP contribution in [0.4, 0.5) is 16.2 Å². The molecule has 1 N–H and O–H groups in total. The number of carbonyl (C=O) groups excluding carboxylic acids is 3. The zero-order valence-electron chi connectivity index (χ0n) is 18.6. The van der Waals surface area contributed by atoms with E-state index in [1.165, 1.54) is 18.2 Å². The van der Waals surface area contributed by atoms with Crippen LogP contribution in [-0.4, -0.2) is 38.4 Å². The summed E-state index contributed by atoms with van der Waals surface area (Å²) >= 11 is 6.71. The van der Waals surface area contributed by atoms with E-state index in [0.717, 1.165) is 28.4 Å². The molecule has 3 aromatic rings. The number of imide groups is 1. The Balaban J connectivity index is 1.39. The van der Waals surface area contributed by atoms with Crippen LogP contribution in [0.5, 0.6) is 11.6 Å². The number of pyridine rings is 1. The topological polar surface area (TPSA) is 132 Å². The molecule has 0 radical (unpaired) electrons. The number of nitrogens with zero attached hydrogens (tertiary/aromatic N) is 3. The van der Waals surface area contributed by atoms with E-state index in [2.05, 4.69) is 10.3 Å². The zero-order chi connectivity index (χ0) is 25.8. The fourth-order valence-corrected chi connectivity index (χ4v) is 4.15. The average Bonchev–Trinajstić information content (AvgIpc) is 3.10. The fraction of sp³-hybridized carbons (Fsp3) is 0.0833. The highest BCUT2D eigenvalue weighted by molar-refractivity contribution is 8.18. The molecular weight excluding hydrogens is 508 g/mol. The molecule has 0 unspecified atom stereocenters. The second-order valence-corrected chi connectivity index (χ2v) is 8.99. The number of amides is 3. The molecule has 36 heavy (non-hydrogen) atoms. The van der Waals surface area contributed by atoms with E-state index in [0.29, 0.717) is 22.0 Å². The molecule has 0 aliphatic carbocycles. The highest BCUT2D eigenvalue weighted by Crippen LogP contribution is 2.33. The quantitative estimate of drug-likeness (QED) is 0.246. The van der Waals surface area contributed by atoms with Gasteiger partial charge in [-0.1, -0.05) is 29.8 Å². The maximum atomic E-state index is 12.7. The van der Waals surface area contributed by atoms with Crippen molar-refractivity contribution in [2.75, 3.05) is 11.9 Å².